The van der Waals surface area contributed by atoms with Gasteiger partial charge in [-0.25, -0.2) is 0 Å². The summed E-state index contributed by atoms with van der Waals surface area (Å²) in [5.41, 5.74) is 2.21. The predicted octanol–water partition coefficient (Wildman–Crippen LogP) is 2.66. The maximum Gasteiger partial charge on any atom is 0.269 e. The lowest BCUT2D eigenvalue weighted by Crippen LogP contribution is -2.48. The molecular weight excluding hydrogens is 332 g/mol. The van der Waals surface area contributed by atoms with Crippen LogP contribution in [0.1, 0.15) is 18.4 Å². The lowest BCUT2D eigenvalue weighted by atomic mass is 10.1. The van der Waals surface area contributed by atoms with Gasteiger partial charge >= 0.3 is 0 Å². The molecule has 136 valence electrons. The molecule has 1 aromatic heterocycles. The second kappa shape index (κ2) is 8.42. The van der Waals surface area contributed by atoms with Crippen molar-refractivity contribution in [2.24, 2.45) is 0 Å². The molecule has 7 nitrogen and oxygen atoms in total. The first-order chi connectivity index (χ1) is 12.6. The van der Waals surface area contributed by atoms with Gasteiger partial charge in [-0.1, -0.05) is 6.07 Å². The fourth-order valence-corrected chi connectivity index (χ4v) is 3.15. The Labute approximate surface area is 152 Å². The van der Waals surface area contributed by atoms with Crippen LogP contribution in [0.3, 0.4) is 0 Å². The Balaban J connectivity index is 1.44. The molecule has 3 rings (SSSR count). The van der Waals surface area contributed by atoms with Crippen molar-refractivity contribution in [3.8, 4) is 0 Å². The lowest BCUT2D eigenvalue weighted by molar-refractivity contribution is -0.384. The largest absolute Gasteiger partial charge is 0.368 e. The van der Waals surface area contributed by atoms with E-state index in [9.17, 15) is 14.9 Å². The van der Waals surface area contributed by atoms with Gasteiger partial charge in [-0.05, 0) is 36.6 Å². The van der Waals surface area contributed by atoms with Crippen molar-refractivity contribution in [3.05, 3.63) is 64.5 Å². The summed E-state index contributed by atoms with van der Waals surface area (Å²) in [5, 5.41) is 10.7. The van der Waals surface area contributed by atoms with Crippen molar-refractivity contribution in [2.45, 2.75) is 19.3 Å². The number of nitro benzene ring substituents is 1. The minimum absolute atomic E-state index is 0.0937. The summed E-state index contributed by atoms with van der Waals surface area (Å²) >= 11 is 0. The van der Waals surface area contributed by atoms with E-state index in [2.05, 4.69) is 9.88 Å². The second-order valence-electron chi connectivity index (χ2n) is 6.36. The van der Waals surface area contributed by atoms with E-state index in [1.54, 1.807) is 18.3 Å². The number of hydrogen-bond donors (Lipinski definition) is 0. The zero-order chi connectivity index (χ0) is 18.4. The molecule has 1 fully saturated rings. The van der Waals surface area contributed by atoms with Crippen LogP contribution in [0, 0.1) is 10.1 Å². The SMILES string of the molecule is O=C(CCCc1cccnc1)N1CCN(c2ccc([N+](=O)[O-])cc2)CC1. The van der Waals surface area contributed by atoms with Crippen LogP contribution in [0.15, 0.2) is 48.8 Å². The number of benzene rings is 1. The molecule has 1 aliphatic heterocycles. The first-order valence-electron chi connectivity index (χ1n) is 8.79. The maximum atomic E-state index is 12.4. The molecule has 7 heteroatoms. The first-order valence-corrected chi connectivity index (χ1v) is 8.79. The van der Waals surface area contributed by atoms with Gasteiger partial charge in [0.05, 0.1) is 4.92 Å². The van der Waals surface area contributed by atoms with Crippen molar-refractivity contribution < 1.29 is 9.72 Å². The molecule has 1 amide bonds. The Morgan fingerprint density at radius 3 is 2.46 bits per heavy atom. The van der Waals surface area contributed by atoms with Crippen molar-refractivity contribution in [1.82, 2.24) is 9.88 Å². The first kappa shape index (κ1) is 17.8. The van der Waals surface area contributed by atoms with E-state index in [-0.39, 0.29) is 11.6 Å². The molecule has 1 aliphatic rings. The number of aromatic nitrogens is 1. The number of anilines is 1. The predicted molar refractivity (Wildman–Crippen MR) is 99.1 cm³/mol. The minimum Gasteiger partial charge on any atom is -0.368 e. The van der Waals surface area contributed by atoms with Crippen LogP contribution in [-0.2, 0) is 11.2 Å². The maximum absolute atomic E-state index is 12.4. The summed E-state index contributed by atoms with van der Waals surface area (Å²) in [6.45, 7) is 2.85. The fraction of sp³-hybridized carbons (Fsp3) is 0.368. The van der Waals surface area contributed by atoms with Crippen molar-refractivity contribution in [1.29, 1.82) is 0 Å². The summed E-state index contributed by atoms with van der Waals surface area (Å²) in [4.78, 5) is 30.8. The topological polar surface area (TPSA) is 79.6 Å². The van der Waals surface area contributed by atoms with Crippen LogP contribution in [0.25, 0.3) is 0 Å². The van der Waals surface area contributed by atoms with Gasteiger partial charge in [0.15, 0.2) is 0 Å². The van der Waals surface area contributed by atoms with E-state index < -0.39 is 4.92 Å². The number of nitrogens with zero attached hydrogens (tertiary/aromatic N) is 4. The van der Waals surface area contributed by atoms with Gasteiger partial charge in [0.1, 0.15) is 0 Å². The third kappa shape index (κ3) is 4.56. The van der Waals surface area contributed by atoms with Crippen LogP contribution in [0.4, 0.5) is 11.4 Å². The number of piperazine rings is 1. The summed E-state index contributed by atoms with van der Waals surface area (Å²) < 4.78 is 0. The van der Waals surface area contributed by atoms with E-state index in [4.69, 9.17) is 0 Å². The van der Waals surface area contributed by atoms with Gasteiger partial charge in [-0.3, -0.25) is 19.9 Å². The average molecular weight is 354 g/mol. The van der Waals surface area contributed by atoms with E-state index in [0.717, 1.165) is 37.2 Å². The molecule has 0 atom stereocenters. The number of aryl methyl sites for hydroxylation is 1. The summed E-state index contributed by atoms with van der Waals surface area (Å²) in [6, 6.07) is 10.5. The Bertz CT molecular complexity index is 741. The number of carbonyl (C=O) groups is 1. The van der Waals surface area contributed by atoms with Gasteiger partial charge in [-0.15, -0.1) is 0 Å². The highest BCUT2D eigenvalue weighted by Gasteiger charge is 2.21. The number of nitro groups is 1. The Morgan fingerprint density at radius 1 is 1.12 bits per heavy atom. The fourth-order valence-electron chi connectivity index (χ4n) is 3.15. The normalized spacial score (nSPS) is 14.3. The molecular formula is C19H22N4O3. The third-order valence-electron chi connectivity index (χ3n) is 4.64. The molecule has 0 bridgehead atoms. The third-order valence-corrected chi connectivity index (χ3v) is 4.64. The van der Waals surface area contributed by atoms with Gasteiger partial charge in [0, 0.05) is 62.8 Å². The highest BCUT2D eigenvalue weighted by atomic mass is 16.6. The van der Waals surface area contributed by atoms with Crippen LogP contribution in [0.5, 0.6) is 0 Å². The molecule has 0 radical (unpaired) electrons. The Kier molecular flexibility index (Phi) is 5.78. The number of amides is 1. The summed E-state index contributed by atoms with van der Waals surface area (Å²) in [7, 11) is 0. The highest BCUT2D eigenvalue weighted by Crippen LogP contribution is 2.21. The number of rotatable bonds is 6. The highest BCUT2D eigenvalue weighted by molar-refractivity contribution is 5.76. The van der Waals surface area contributed by atoms with E-state index in [0.29, 0.717) is 19.5 Å². The smallest absolute Gasteiger partial charge is 0.269 e. The average Bonchev–Trinajstić information content (AvgIpc) is 2.69. The minimum atomic E-state index is -0.397. The van der Waals surface area contributed by atoms with Crippen LogP contribution in [0.2, 0.25) is 0 Å². The summed E-state index contributed by atoms with van der Waals surface area (Å²) in [6.07, 6.45) is 5.83. The van der Waals surface area contributed by atoms with Crippen molar-refractivity contribution >= 4 is 17.3 Å². The number of hydrogen-bond acceptors (Lipinski definition) is 5. The van der Waals surface area contributed by atoms with Crippen LogP contribution >= 0.6 is 0 Å². The van der Waals surface area contributed by atoms with Gasteiger partial charge < -0.3 is 9.80 Å². The van der Waals surface area contributed by atoms with Gasteiger partial charge in [0.2, 0.25) is 5.91 Å². The molecule has 0 N–H and O–H groups in total. The molecule has 0 unspecified atom stereocenters. The molecule has 2 heterocycles. The zero-order valence-corrected chi connectivity index (χ0v) is 14.6. The monoisotopic (exact) mass is 354 g/mol. The molecule has 0 aliphatic carbocycles. The lowest BCUT2D eigenvalue weighted by Gasteiger charge is -2.36. The second-order valence-corrected chi connectivity index (χ2v) is 6.36. The molecule has 1 aromatic carbocycles. The van der Waals surface area contributed by atoms with Crippen molar-refractivity contribution in [2.75, 3.05) is 31.1 Å². The Morgan fingerprint density at radius 2 is 1.85 bits per heavy atom. The number of pyridine rings is 1. The van der Waals surface area contributed by atoms with E-state index in [1.807, 2.05) is 23.2 Å². The molecule has 0 spiro atoms. The molecule has 1 saturated heterocycles. The zero-order valence-electron chi connectivity index (χ0n) is 14.6. The number of non-ortho nitro benzene ring substituents is 1. The quantitative estimate of drug-likeness (QED) is 0.588. The standard InChI is InChI=1S/C19H22N4O3/c24-19(5-1-3-16-4-2-10-20-15-16)22-13-11-21(12-14-22)17-6-8-18(9-7-17)23(25)26/h2,4,6-10,15H,1,3,5,11-14H2. The van der Waals surface area contributed by atoms with E-state index >= 15 is 0 Å². The van der Waals surface area contributed by atoms with Gasteiger partial charge in [-0.2, -0.15) is 0 Å². The van der Waals surface area contributed by atoms with Gasteiger partial charge in [0.25, 0.3) is 5.69 Å². The van der Waals surface area contributed by atoms with Crippen molar-refractivity contribution in [3.63, 3.8) is 0 Å². The number of carbonyl (C=O) groups excluding carboxylic acids is 1. The van der Waals surface area contributed by atoms with Crippen LogP contribution in [-0.4, -0.2) is 46.9 Å². The van der Waals surface area contributed by atoms with E-state index in [1.165, 1.54) is 12.1 Å². The van der Waals surface area contributed by atoms with Crippen LogP contribution < -0.4 is 4.90 Å². The molecule has 0 saturated carbocycles. The summed E-state index contributed by atoms with van der Waals surface area (Å²) in [5.74, 6) is 0.192. The Hall–Kier alpha value is -2.96. The molecule has 26 heavy (non-hydrogen) atoms. The molecule has 2 aromatic rings.